The van der Waals surface area contributed by atoms with Gasteiger partial charge in [0, 0.05) is 17.3 Å². The number of rotatable bonds is 4. The minimum Gasteiger partial charge on any atom is -0.505 e. The molecule has 138 valence electrons. The molecule has 0 atom stereocenters. The Morgan fingerprint density at radius 1 is 1.35 bits per heavy atom. The standard InChI is InChI=1S/C18H21N3O5/c1-9(2)20-18(26)14(17(25)19-8-13(22)23)16(24)15-12-7-5-4-6-11(12)10(3)21(15)20/h5,7,9,24H,4,6,8H2,1-3H3,(H,19,25)(H,22,23). The number of aryl methyl sites for hydroxylation is 1. The van der Waals surface area contributed by atoms with Crippen molar-refractivity contribution in [3.8, 4) is 5.75 Å². The lowest BCUT2D eigenvalue weighted by atomic mass is 9.98. The number of carboxylic acids is 1. The topological polar surface area (TPSA) is 113 Å². The SMILES string of the molecule is Cc1c2c(c3c(O)c(C(=O)NCC(=O)O)c(=O)n(C(C)C)n13)C=CCC2. The Balaban J connectivity index is 2.38. The maximum absolute atomic E-state index is 13.0. The lowest BCUT2D eigenvalue weighted by molar-refractivity contribution is -0.135. The molecular weight excluding hydrogens is 338 g/mol. The Bertz CT molecular complexity index is 1010. The smallest absolute Gasteiger partial charge is 0.322 e. The van der Waals surface area contributed by atoms with E-state index in [4.69, 9.17) is 5.11 Å². The summed E-state index contributed by atoms with van der Waals surface area (Å²) in [5, 5.41) is 21.7. The quantitative estimate of drug-likeness (QED) is 0.765. The molecule has 3 N–H and O–H groups in total. The Kier molecular flexibility index (Phi) is 4.35. The van der Waals surface area contributed by atoms with Crippen molar-refractivity contribution < 1.29 is 19.8 Å². The minimum absolute atomic E-state index is 0.270. The van der Waals surface area contributed by atoms with Crippen LogP contribution in [0.15, 0.2) is 10.9 Å². The molecular formula is C18H21N3O5. The van der Waals surface area contributed by atoms with Crippen LogP contribution >= 0.6 is 0 Å². The lowest BCUT2D eigenvalue weighted by Crippen LogP contribution is -2.38. The molecule has 3 rings (SSSR count). The molecule has 0 radical (unpaired) electrons. The molecule has 2 aromatic heterocycles. The van der Waals surface area contributed by atoms with Crippen LogP contribution in [0, 0.1) is 6.92 Å². The molecule has 1 aliphatic rings. The molecule has 0 spiro atoms. The van der Waals surface area contributed by atoms with Crippen LogP contribution in [-0.4, -0.2) is 37.8 Å². The normalized spacial score (nSPS) is 13.2. The number of carbonyl (C=O) groups excluding carboxylic acids is 1. The highest BCUT2D eigenvalue weighted by Crippen LogP contribution is 2.35. The fourth-order valence-electron chi connectivity index (χ4n) is 3.51. The van der Waals surface area contributed by atoms with E-state index in [9.17, 15) is 19.5 Å². The Morgan fingerprint density at radius 3 is 2.65 bits per heavy atom. The van der Waals surface area contributed by atoms with Crippen LogP contribution < -0.4 is 10.9 Å². The zero-order valence-electron chi connectivity index (χ0n) is 14.9. The first kappa shape index (κ1) is 17.8. The van der Waals surface area contributed by atoms with Crippen LogP contribution in [0.4, 0.5) is 0 Å². The van der Waals surface area contributed by atoms with Gasteiger partial charge < -0.3 is 15.5 Å². The van der Waals surface area contributed by atoms with Crippen molar-refractivity contribution in [3.63, 3.8) is 0 Å². The highest BCUT2D eigenvalue weighted by atomic mass is 16.4. The Morgan fingerprint density at radius 2 is 2.04 bits per heavy atom. The van der Waals surface area contributed by atoms with Crippen molar-refractivity contribution in [2.45, 2.75) is 39.7 Å². The number of nitrogens with one attached hydrogen (secondary N) is 1. The highest BCUT2D eigenvalue weighted by Gasteiger charge is 2.28. The largest absolute Gasteiger partial charge is 0.505 e. The van der Waals surface area contributed by atoms with Crippen LogP contribution in [-0.2, 0) is 11.2 Å². The first-order chi connectivity index (χ1) is 12.3. The zero-order chi connectivity index (χ0) is 19.2. The molecule has 8 heteroatoms. The van der Waals surface area contributed by atoms with E-state index in [1.165, 1.54) is 4.68 Å². The van der Waals surface area contributed by atoms with Gasteiger partial charge in [-0.1, -0.05) is 12.2 Å². The summed E-state index contributed by atoms with van der Waals surface area (Å²) in [6, 6.07) is -0.270. The van der Waals surface area contributed by atoms with E-state index in [2.05, 4.69) is 5.32 Å². The summed E-state index contributed by atoms with van der Waals surface area (Å²) in [6.45, 7) is 4.87. The van der Waals surface area contributed by atoms with Gasteiger partial charge in [0.05, 0.1) is 0 Å². The van der Waals surface area contributed by atoms with Crippen LogP contribution in [0.3, 0.4) is 0 Å². The number of carboxylic acid groups (broad SMARTS) is 1. The van der Waals surface area contributed by atoms with E-state index in [-0.39, 0.29) is 6.04 Å². The van der Waals surface area contributed by atoms with Gasteiger partial charge in [0.15, 0.2) is 5.75 Å². The molecule has 26 heavy (non-hydrogen) atoms. The third kappa shape index (κ3) is 2.58. The van der Waals surface area contributed by atoms with Crippen molar-refractivity contribution in [1.82, 2.24) is 14.5 Å². The van der Waals surface area contributed by atoms with E-state index in [0.717, 1.165) is 29.7 Å². The van der Waals surface area contributed by atoms with Crippen molar-refractivity contribution in [3.05, 3.63) is 38.8 Å². The second-order valence-electron chi connectivity index (χ2n) is 6.62. The number of hydrogen-bond acceptors (Lipinski definition) is 4. The molecule has 0 unspecified atom stereocenters. The summed E-state index contributed by atoms with van der Waals surface area (Å²) >= 11 is 0. The molecule has 1 aliphatic carbocycles. The fourth-order valence-corrected chi connectivity index (χ4v) is 3.51. The monoisotopic (exact) mass is 359 g/mol. The Labute approximate surface area is 149 Å². The second kappa shape index (κ2) is 6.36. The summed E-state index contributed by atoms with van der Waals surface area (Å²) in [6.07, 6.45) is 5.51. The van der Waals surface area contributed by atoms with Gasteiger partial charge in [0.2, 0.25) is 0 Å². The molecule has 2 heterocycles. The fraction of sp³-hybridized carbons (Fsp3) is 0.389. The summed E-state index contributed by atoms with van der Waals surface area (Å²) < 4.78 is 3.09. The van der Waals surface area contributed by atoms with Gasteiger partial charge >= 0.3 is 5.97 Å². The molecule has 8 nitrogen and oxygen atoms in total. The number of aromatic nitrogens is 2. The van der Waals surface area contributed by atoms with Crippen LogP contribution in [0.5, 0.6) is 5.75 Å². The number of aromatic hydroxyl groups is 1. The van der Waals surface area contributed by atoms with Crippen LogP contribution in [0.25, 0.3) is 11.6 Å². The lowest BCUT2D eigenvalue weighted by Gasteiger charge is -2.18. The highest BCUT2D eigenvalue weighted by molar-refractivity contribution is 6.01. The van der Waals surface area contributed by atoms with Gasteiger partial charge in [0.25, 0.3) is 11.5 Å². The second-order valence-corrected chi connectivity index (χ2v) is 6.62. The molecule has 0 saturated carbocycles. The number of amides is 1. The minimum atomic E-state index is -1.23. The average molecular weight is 359 g/mol. The maximum Gasteiger partial charge on any atom is 0.322 e. The van der Waals surface area contributed by atoms with E-state index < -0.39 is 35.3 Å². The average Bonchev–Trinajstić information content (AvgIpc) is 2.86. The van der Waals surface area contributed by atoms with E-state index in [1.54, 1.807) is 4.52 Å². The molecule has 0 saturated heterocycles. The third-order valence-corrected chi connectivity index (χ3v) is 4.61. The van der Waals surface area contributed by atoms with Gasteiger partial charge in [-0.05, 0) is 39.2 Å². The number of hydrogen-bond donors (Lipinski definition) is 3. The maximum atomic E-state index is 13.0. The van der Waals surface area contributed by atoms with Crippen LogP contribution in [0.1, 0.15) is 53.5 Å². The summed E-state index contributed by atoms with van der Waals surface area (Å²) in [5.74, 6) is -2.56. The predicted octanol–water partition coefficient (Wildman–Crippen LogP) is 1.47. The first-order valence-electron chi connectivity index (χ1n) is 8.43. The zero-order valence-corrected chi connectivity index (χ0v) is 14.9. The van der Waals surface area contributed by atoms with Crippen molar-refractivity contribution in [1.29, 1.82) is 0 Å². The summed E-state index contributed by atoms with van der Waals surface area (Å²) in [4.78, 5) is 36.1. The van der Waals surface area contributed by atoms with E-state index in [0.29, 0.717) is 5.52 Å². The Hall–Kier alpha value is -3.03. The number of aliphatic carboxylic acids is 1. The first-order valence-corrected chi connectivity index (χ1v) is 8.43. The van der Waals surface area contributed by atoms with E-state index >= 15 is 0 Å². The molecule has 0 aromatic carbocycles. The van der Waals surface area contributed by atoms with Crippen molar-refractivity contribution in [2.24, 2.45) is 0 Å². The number of fused-ring (bicyclic) bond motifs is 3. The molecule has 0 bridgehead atoms. The van der Waals surface area contributed by atoms with Crippen LogP contribution in [0.2, 0.25) is 0 Å². The van der Waals surface area contributed by atoms with Crippen molar-refractivity contribution >= 4 is 23.5 Å². The summed E-state index contributed by atoms with van der Waals surface area (Å²) in [5.41, 5.74) is 1.95. The van der Waals surface area contributed by atoms with E-state index in [1.807, 2.05) is 32.9 Å². The summed E-state index contributed by atoms with van der Waals surface area (Å²) in [7, 11) is 0. The molecule has 0 aliphatic heterocycles. The van der Waals surface area contributed by atoms with Gasteiger partial charge in [-0.2, -0.15) is 0 Å². The number of nitrogens with zero attached hydrogens (tertiary/aromatic N) is 2. The number of allylic oxidation sites excluding steroid dienone is 1. The van der Waals surface area contributed by atoms with Gasteiger partial charge in [-0.25, -0.2) is 4.68 Å². The number of carbonyl (C=O) groups is 2. The van der Waals surface area contributed by atoms with Crippen molar-refractivity contribution in [2.75, 3.05) is 6.54 Å². The molecule has 2 aromatic rings. The van der Waals surface area contributed by atoms with Gasteiger partial charge in [-0.15, -0.1) is 0 Å². The molecule has 1 amide bonds. The predicted molar refractivity (Wildman–Crippen MR) is 95.8 cm³/mol. The third-order valence-electron chi connectivity index (χ3n) is 4.61. The van der Waals surface area contributed by atoms with Gasteiger partial charge in [-0.3, -0.25) is 18.9 Å². The van der Waals surface area contributed by atoms with Gasteiger partial charge in [0.1, 0.15) is 17.6 Å². The molecule has 0 fully saturated rings.